The highest BCUT2D eigenvalue weighted by atomic mass is 16.5. The Morgan fingerprint density at radius 2 is 1.95 bits per heavy atom. The number of carboxylic acids is 1. The molecule has 0 saturated heterocycles. The van der Waals surface area contributed by atoms with Crippen molar-refractivity contribution < 1.29 is 14.6 Å². The van der Waals surface area contributed by atoms with Crippen molar-refractivity contribution in [2.75, 3.05) is 12.8 Å². The van der Waals surface area contributed by atoms with E-state index in [9.17, 15) is 9.90 Å². The number of aromatic carboxylic acids is 1. The van der Waals surface area contributed by atoms with Gasteiger partial charge in [-0.25, -0.2) is 4.79 Å². The van der Waals surface area contributed by atoms with E-state index in [0.29, 0.717) is 17.1 Å². The molecule has 0 amide bonds. The maximum atomic E-state index is 11.2. The summed E-state index contributed by atoms with van der Waals surface area (Å²) in [6.45, 7) is 0. The number of aliphatic imine (C=N–C) groups is 1. The number of nitrogen functional groups attached to an aromatic ring is 1. The minimum Gasteiger partial charge on any atom is -0.494 e. The van der Waals surface area contributed by atoms with Crippen LogP contribution in [-0.2, 0) is 0 Å². The van der Waals surface area contributed by atoms with Gasteiger partial charge in [0, 0.05) is 11.9 Å². The van der Waals surface area contributed by atoms with E-state index >= 15 is 0 Å². The molecule has 2 aromatic carbocycles. The Balaban J connectivity index is 2.41. The molecule has 0 fully saturated rings. The second kappa shape index (κ2) is 5.88. The molecule has 2 aromatic rings. The average Bonchev–Trinajstić information content (AvgIpc) is 2.46. The number of methoxy groups -OCH3 is 1. The number of carboxylic acid groups (broad SMARTS) is 1. The molecule has 0 aliphatic carbocycles. The van der Waals surface area contributed by atoms with Crippen molar-refractivity contribution in [2.24, 2.45) is 4.99 Å². The van der Waals surface area contributed by atoms with E-state index in [2.05, 4.69) is 4.99 Å². The number of nitrogens with two attached hydrogens (primary N) is 1. The lowest BCUT2D eigenvalue weighted by Crippen LogP contribution is -1.98. The zero-order chi connectivity index (χ0) is 14.5. The van der Waals surface area contributed by atoms with Crippen LogP contribution in [0.2, 0.25) is 0 Å². The molecule has 5 heteroatoms. The lowest BCUT2D eigenvalue weighted by molar-refractivity contribution is 0.0697. The summed E-state index contributed by atoms with van der Waals surface area (Å²) in [5.74, 6) is -0.634. The van der Waals surface area contributed by atoms with Crippen molar-refractivity contribution in [3.63, 3.8) is 0 Å². The van der Waals surface area contributed by atoms with Crippen LogP contribution in [0.25, 0.3) is 0 Å². The molecule has 0 unspecified atom stereocenters. The molecule has 0 aliphatic heterocycles. The molecule has 5 nitrogen and oxygen atoms in total. The lowest BCUT2D eigenvalue weighted by atomic mass is 10.1. The standard InChI is InChI=1S/C15H14N2O3/c1-20-13-4-2-3-12(15(18)19)14(13)17-9-10-5-7-11(16)8-6-10/h2-9H,16H2,1H3,(H,18,19). The molecule has 3 N–H and O–H groups in total. The molecular formula is C15H14N2O3. The van der Waals surface area contributed by atoms with Crippen LogP contribution in [0.5, 0.6) is 5.75 Å². The smallest absolute Gasteiger partial charge is 0.338 e. The molecule has 0 atom stereocenters. The second-order valence-corrected chi connectivity index (χ2v) is 4.09. The molecule has 0 aromatic heterocycles. The molecule has 0 aliphatic rings. The fraction of sp³-hybridized carbons (Fsp3) is 0.0667. The Hall–Kier alpha value is -2.82. The monoisotopic (exact) mass is 270 g/mol. The van der Waals surface area contributed by atoms with Crippen molar-refractivity contribution in [3.05, 3.63) is 53.6 Å². The summed E-state index contributed by atoms with van der Waals surface area (Å²) in [4.78, 5) is 15.4. The van der Waals surface area contributed by atoms with Crippen LogP contribution in [0.1, 0.15) is 15.9 Å². The minimum absolute atomic E-state index is 0.0936. The fourth-order valence-corrected chi connectivity index (χ4v) is 1.71. The minimum atomic E-state index is -1.05. The first-order chi connectivity index (χ1) is 9.61. The van der Waals surface area contributed by atoms with Crippen LogP contribution in [0.4, 0.5) is 11.4 Å². The lowest BCUT2D eigenvalue weighted by Gasteiger charge is -2.07. The van der Waals surface area contributed by atoms with Crippen LogP contribution >= 0.6 is 0 Å². The highest BCUT2D eigenvalue weighted by Gasteiger charge is 2.13. The summed E-state index contributed by atoms with van der Waals surface area (Å²) < 4.78 is 5.15. The van der Waals surface area contributed by atoms with E-state index in [4.69, 9.17) is 10.5 Å². The van der Waals surface area contributed by atoms with Crippen LogP contribution in [0.3, 0.4) is 0 Å². The number of nitrogens with zero attached hydrogens (tertiary/aromatic N) is 1. The predicted molar refractivity (Wildman–Crippen MR) is 78.1 cm³/mol. The van der Waals surface area contributed by atoms with E-state index in [0.717, 1.165) is 5.56 Å². The Labute approximate surface area is 116 Å². The van der Waals surface area contributed by atoms with Crippen LogP contribution in [0, 0.1) is 0 Å². The Bertz CT molecular complexity index is 649. The van der Waals surface area contributed by atoms with E-state index in [1.807, 2.05) is 0 Å². The summed E-state index contributed by atoms with van der Waals surface area (Å²) >= 11 is 0. The fourth-order valence-electron chi connectivity index (χ4n) is 1.71. The van der Waals surface area contributed by atoms with Crippen LogP contribution in [-0.4, -0.2) is 24.4 Å². The molecule has 0 radical (unpaired) electrons. The highest BCUT2D eigenvalue weighted by Crippen LogP contribution is 2.31. The number of rotatable bonds is 4. The average molecular weight is 270 g/mol. The molecule has 20 heavy (non-hydrogen) atoms. The van der Waals surface area contributed by atoms with Gasteiger partial charge in [0.05, 0.1) is 12.7 Å². The van der Waals surface area contributed by atoms with Gasteiger partial charge in [0.1, 0.15) is 11.4 Å². The van der Waals surface area contributed by atoms with Crippen molar-refractivity contribution in [2.45, 2.75) is 0 Å². The van der Waals surface area contributed by atoms with E-state index in [1.165, 1.54) is 13.2 Å². The number of hydrogen-bond acceptors (Lipinski definition) is 4. The van der Waals surface area contributed by atoms with Crippen molar-refractivity contribution in [3.8, 4) is 5.75 Å². The normalized spacial score (nSPS) is 10.7. The van der Waals surface area contributed by atoms with Gasteiger partial charge in [0.2, 0.25) is 0 Å². The summed E-state index contributed by atoms with van der Waals surface area (Å²) in [7, 11) is 1.48. The van der Waals surface area contributed by atoms with Crippen molar-refractivity contribution in [1.82, 2.24) is 0 Å². The molecule has 0 heterocycles. The predicted octanol–water partition coefficient (Wildman–Crippen LogP) is 2.73. The topological polar surface area (TPSA) is 84.9 Å². The summed E-state index contributed by atoms with van der Waals surface area (Å²) in [5, 5.41) is 9.17. The second-order valence-electron chi connectivity index (χ2n) is 4.09. The molecule has 102 valence electrons. The number of benzene rings is 2. The first kappa shape index (κ1) is 13.6. The van der Waals surface area contributed by atoms with Crippen molar-refractivity contribution in [1.29, 1.82) is 0 Å². The van der Waals surface area contributed by atoms with Gasteiger partial charge >= 0.3 is 5.97 Å². The van der Waals surface area contributed by atoms with Crippen molar-refractivity contribution >= 4 is 23.6 Å². The molecule has 2 rings (SSSR count). The maximum absolute atomic E-state index is 11.2. The molecule has 0 saturated carbocycles. The highest BCUT2D eigenvalue weighted by molar-refractivity contribution is 5.96. The van der Waals surface area contributed by atoms with Gasteiger partial charge in [-0.05, 0) is 29.8 Å². The van der Waals surface area contributed by atoms with E-state index in [1.54, 1.807) is 42.6 Å². The Kier molecular flexibility index (Phi) is 4.00. The van der Waals surface area contributed by atoms with E-state index in [-0.39, 0.29) is 5.56 Å². The molecular weight excluding hydrogens is 256 g/mol. The van der Waals surface area contributed by atoms with E-state index < -0.39 is 5.97 Å². The Morgan fingerprint density at radius 3 is 2.55 bits per heavy atom. The quantitative estimate of drug-likeness (QED) is 0.660. The number of ether oxygens (including phenoxy) is 1. The molecule has 0 bridgehead atoms. The zero-order valence-electron chi connectivity index (χ0n) is 10.9. The van der Waals surface area contributed by atoms with Crippen LogP contribution in [0.15, 0.2) is 47.5 Å². The number of carbonyl (C=O) groups is 1. The van der Waals surface area contributed by atoms with Gasteiger partial charge in [-0.1, -0.05) is 18.2 Å². The first-order valence-corrected chi connectivity index (χ1v) is 5.91. The van der Waals surface area contributed by atoms with Gasteiger partial charge in [-0.3, -0.25) is 4.99 Å². The zero-order valence-corrected chi connectivity index (χ0v) is 10.9. The third-order valence-electron chi connectivity index (χ3n) is 2.73. The number of hydrogen-bond donors (Lipinski definition) is 2. The van der Waals surface area contributed by atoms with Gasteiger partial charge in [-0.2, -0.15) is 0 Å². The maximum Gasteiger partial charge on any atom is 0.338 e. The van der Waals surface area contributed by atoms with Gasteiger partial charge < -0.3 is 15.6 Å². The third-order valence-corrected chi connectivity index (χ3v) is 2.73. The molecule has 0 spiro atoms. The summed E-state index contributed by atoms with van der Waals surface area (Å²) in [6.07, 6.45) is 1.57. The van der Waals surface area contributed by atoms with Gasteiger partial charge in [0.15, 0.2) is 0 Å². The SMILES string of the molecule is COc1cccc(C(=O)O)c1N=Cc1ccc(N)cc1. The summed E-state index contributed by atoms with van der Waals surface area (Å²) in [6, 6.07) is 11.9. The number of para-hydroxylation sites is 1. The van der Waals surface area contributed by atoms with Gasteiger partial charge in [0.25, 0.3) is 0 Å². The first-order valence-electron chi connectivity index (χ1n) is 5.91. The third kappa shape index (κ3) is 2.95. The summed E-state index contributed by atoms with van der Waals surface area (Å²) in [5.41, 5.74) is 7.46. The number of anilines is 1. The Morgan fingerprint density at radius 1 is 1.25 bits per heavy atom. The van der Waals surface area contributed by atoms with Gasteiger partial charge in [-0.15, -0.1) is 0 Å². The largest absolute Gasteiger partial charge is 0.494 e. The van der Waals surface area contributed by atoms with Crippen LogP contribution < -0.4 is 10.5 Å².